The Morgan fingerprint density at radius 3 is 2.56 bits per heavy atom. The predicted molar refractivity (Wildman–Crippen MR) is 134 cm³/mol. The molecule has 0 aliphatic carbocycles. The fraction of sp³-hybridized carbons (Fsp3) is 0.520. The number of aliphatic hydroxyl groups is 1. The standard InChI is InChI=1S/C25H33F3N4O3S/c26-25(27,28)16-10-8-6-4-2-1-3-5-7-9-14-21(36-17-15-22(33)34)23(35)19-12-11-13-20(18-19)24-29-31-32-30-24/h5,7,9,11-14,18,21,23,35H,1-4,6,8,10,15-17H2,(H,33,34)(H,29,30,31,32)/b7-5+,14-9+/t21-,23+/m1/s1. The fourth-order valence-corrected chi connectivity index (χ4v) is 4.62. The number of carboxylic acids is 1. The smallest absolute Gasteiger partial charge is 0.389 e. The highest BCUT2D eigenvalue weighted by molar-refractivity contribution is 8.00. The predicted octanol–water partition coefficient (Wildman–Crippen LogP) is 6.27. The number of tetrazole rings is 1. The van der Waals surface area contributed by atoms with Crippen LogP contribution in [0.25, 0.3) is 11.4 Å². The van der Waals surface area contributed by atoms with Crippen LogP contribution in [0.5, 0.6) is 0 Å². The number of aliphatic hydroxyl groups excluding tert-OH is 1. The molecular weight excluding hydrogens is 493 g/mol. The summed E-state index contributed by atoms with van der Waals surface area (Å²) in [6.45, 7) is 0. The number of nitrogens with one attached hydrogen (secondary N) is 1. The number of hydrogen-bond acceptors (Lipinski definition) is 6. The SMILES string of the molecule is O=C(O)CCS[C@H](/C=C/C=C/CCCCCCCCC(F)(F)F)[C@@H](O)c1cccc(-c2nnn[nH]2)c1. The second kappa shape index (κ2) is 16.2. The maximum atomic E-state index is 12.1. The lowest BCUT2D eigenvalue weighted by Gasteiger charge is -2.20. The first-order chi connectivity index (χ1) is 17.3. The molecule has 1 aromatic carbocycles. The number of H-pyrrole nitrogens is 1. The van der Waals surface area contributed by atoms with Gasteiger partial charge in [-0.15, -0.1) is 5.10 Å². The van der Waals surface area contributed by atoms with E-state index >= 15 is 0 Å². The average Bonchev–Trinajstić information content (AvgIpc) is 3.37. The van der Waals surface area contributed by atoms with Gasteiger partial charge < -0.3 is 10.2 Å². The number of thioether (sulfide) groups is 1. The third-order valence-electron chi connectivity index (χ3n) is 5.41. The van der Waals surface area contributed by atoms with Crippen molar-refractivity contribution >= 4 is 17.7 Å². The molecule has 0 fully saturated rings. The zero-order valence-electron chi connectivity index (χ0n) is 20.0. The molecule has 7 nitrogen and oxygen atoms in total. The van der Waals surface area contributed by atoms with Crippen LogP contribution in [0, 0.1) is 0 Å². The molecule has 0 saturated carbocycles. The van der Waals surface area contributed by atoms with Crippen LogP contribution < -0.4 is 0 Å². The number of halogens is 3. The highest BCUT2D eigenvalue weighted by Gasteiger charge is 2.25. The van der Waals surface area contributed by atoms with Crippen molar-refractivity contribution in [1.29, 1.82) is 0 Å². The van der Waals surface area contributed by atoms with E-state index in [-0.39, 0.29) is 18.1 Å². The Balaban J connectivity index is 1.82. The number of allylic oxidation sites excluding steroid dienone is 3. The number of carbonyl (C=O) groups is 1. The first kappa shape index (κ1) is 29.6. The molecule has 0 aliphatic heterocycles. The van der Waals surface area contributed by atoms with E-state index in [1.165, 1.54) is 11.8 Å². The summed E-state index contributed by atoms with van der Waals surface area (Å²) in [5.41, 5.74) is 1.40. The minimum absolute atomic E-state index is 0.00244. The molecule has 0 aliphatic rings. The molecular formula is C25H33F3N4O3S. The van der Waals surface area contributed by atoms with Crippen LogP contribution in [-0.2, 0) is 4.79 Å². The Morgan fingerprint density at radius 1 is 1.11 bits per heavy atom. The van der Waals surface area contributed by atoms with Crippen molar-refractivity contribution in [2.75, 3.05) is 5.75 Å². The van der Waals surface area contributed by atoms with Gasteiger partial charge in [0.25, 0.3) is 0 Å². The van der Waals surface area contributed by atoms with Crippen molar-refractivity contribution in [2.24, 2.45) is 0 Å². The quantitative estimate of drug-likeness (QED) is 0.164. The lowest BCUT2D eigenvalue weighted by molar-refractivity contribution is -0.137. The normalized spacial score (nSPS) is 14.0. The summed E-state index contributed by atoms with van der Waals surface area (Å²) >= 11 is 1.37. The Hall–Kier alpha value is -2.66. The molecule has 0 saturated heterocycles. The zero-order valence-corrected chi connectivity index (χ0v) is 20.8. The van der Waals surface area contributed by atoms with E-state index in [9.17, 15) is 23.1 Å². The van der Waals surface area contributed by atoms with E-state index in [4.69, 9.17) is 5.11 Å². The average molecular weight is 527 g/mol. The third kappa shape index (κ3) is 12.3. The van der Waals surface area contributed by atoms with Gasteiger partial charge in [-0.1, -0.05) is 68.2 Å². The molecule has 0 spiro atoms. The van der Waals surface area contributed by atoms with Crippen LogP contribution in [0.3, 0.4) is 0 Å². The van der Waals surface area contributed by atoms with Crippen molar-refractivity contribution in [1.82, 2.24) is 20.6 Å². The maximum absolute atomic E-state index is 12.1. The van der Waals surface area contributed by atoms with E-state index in [1.807, 2.05) is 30.4 Å². The van der Waals surface area contributed by atoms with Crippen LogP contribution in [0.4, 0.5) is 13.2 Å². The van der Waals surface area contributed by atoms with Crippen molar-refractivity contribution in [3.05, 3.63) is 54.1 Å². The minimum atomic E-state index is -4.05. The number of carboxylic acid groups (broad SMARTS) is 1. The van der Waals surface area contributed by atoms with Gasteiger partial charge in [-0.2, -0.15) is 24.9 Å². The lowest BCUT2D eigenvalue weighted by Crippen LogP contribution is -2.14. The Kier molecular flexibility index (Phi) is 13.3. The van der Waals surface area contributed by atoms with Gasteiger partial charge in [0, 0.05) is 17.7 Å². The summed E-state index contributed by atoms with van der Waals surface area (Å²) in [6.07, 6.45) is 7.38. The zero-order chi connectivity index (χ0) is 26.2. The van der Waals surface area contributed by atoms with Crippen molar-refractivity contribution in [3.8, 4) is 11.4 Å². The Labute approximate surface area is 213 Å². The van der Waals surface area contributed by atoms with Gasteiger partial charge in [-0.05, 0) is 41.3 Å². The molecule has 3 N–H and O–H groups in total. The molecule has 11 heteroatoms. The van der Waals surface area contributed by atoms with Gasteiger partial charge >= 0.3 is 12.1 Å². The number of alkyl halides is 3. The Morgan fingerprint density at radius 2 is 1.86 bits per heavy atom. The topological polar surface area (TPSA) is 112 Å². The molecule has 0 amide bonds. The van der Waals surface area contributed by atoms with E-state index in [0.29, 0.717) is 23.6 Å². The molecule has 36 heavy (non-hydrogen) atoms. The largest absolute Gasteiger partial charge is 0.481 e. The van der Waals surface area contributed by atoms with Crippen LogP contribution in [0.2, 0.25) is 0 Å². The number of benzene rings is 1. The molecule has 1 heterocycles. The fourth-order valence-electron chi connectivity index (χ4n) is 3.52. The molecule has 198 valence electrons. The summed E-state index contributed by atoms with van der Waals surface area (Å²) in [7, 11) is 0. The molecule has 1 aromatic heterocycles. The highest BCUT2D eigenvalue weighted by Crippen LogP contribution is 2.30. The maximum Gasteiger partial charge on any atom is 0.389 e. The van der Waals surface area contributed by atoms with E-state index in [1.54, 1.807) is 18.2 Å². The number of nitrogens with zero attached hydrogens (tertiary/aromatic N) is 3. The molecule has 0 unspecified atom stereocenters. The molecule has 0 bridgehead atoms. The van der Waals surface area contributed by atoms with Gasteiger partial charge in [0.05, 0.1) is 17.8 Å². The number of hydrogen-bond donors (Lipinski definition) is 3. The minimum Gasteiger partial charge on any atom is -0.481 e. The first-order valence-corrected chi connectivity index (χ1v) is 13.1. The number of aliphatic carboxylic acids is 1. The molecule has 2 aromatic rings. The van der Waals surface area contributed by atoms with Gasteiger partial charge in [0.2, 0.25) is 0 Å². The van der Waals surface area contributed by atoms with Gasteiger partial charge in [-0.3, -0.25) is 4.79 Å². The van der Waals surface area contributed by atoms with E-state index in [2.05, 4.69) is 20.6 Å². The van der Waals surface area contributed by atoms with E-state index in [0.717, 1.165) is 37.7 Å². The third-order valence-corrected chi connectivity index (χ3v) is 6.65. The van der Waals surface area contributed by atoms with Crippen LogP contribution in [-0.4, -0.2) is 54.0 Å². The number of aromatic amines is 1. The van der Waals surface area contributed by atoms with Gasteiger partial charge in [0.15, 0.2) is 5.82 Å². The summed E-state index contributed by atoms with van der Waals surface area (Å²) in [5.74, 6) is -0.0431. The van der Waals surface area contributed by atoms with Gasteiger partial charge in [0.1, 0.15) is 0 Å². The van der Waals surface area contributed by atoms with E-state index < -0.39 is 24.7 Å². The van der Waals surface area contributed by atoms with Crippen LogP contribution in [0.15, 0.2) is 48.6 Å². The second-order valence-corrected chi connectivity index (χ2v) is 9.67. The first-order valence-electron chi connectivity index (χ1n) is 12.0. The molecule has 0 radical (unpaired) electrons. The molecule has 2 atom stereocenters. The van der Waals surface area contributed by atoms with Crippen molar-refractivity contribution in [3.63, 3.8) is 0 Å². The van der Waals surface area contributed by atoms with Crippen molar-refractivity contribution < 1.29 is 28.2 Å². The number of aromatic nitrogens is 4. The van der Waals surface area contributed by atoms with Crippen LogP contribution >= 0.6 is 11.8 Å². The summed E-state index contributed by atoms with van der Waals surface area (Å²) in [5, 5.41) is 33.3. The Bertz CT molecular complexity index is 952. The van der Waals surface area contributed by atoms with Gasteiger partial charge in [-0.25, -0.2) is 5.10 Å². The highest BCUT2D eigenvalue weighted by atomic mass is 32.2. The number of rotatable bonds is 17. The second-order valence-electron chi connectivity index (χ2n) is 8.39. The number of unbranched alkanes of at least 4 members (excludes halogenated alkanes) is 6. The van der Waals surface area contributed by atoms with Crippen LogP contribution in [0.1, 0.15) is 69.5 Å². The summed E-state index contributed by atoms with van der Waals surface area (Å²) in [4.78, 5) is 10.9. The monoisotopic (exact) mass is 526 g/mol. The molecule has 2 rings (SSSR count). The lowest BCUT2D eigenvalue weighted by atomic mass is 10.0. The van der Waals surface area contributed by atoms with Crippen molar-refractivity contribution in [2.45, 2.75) is 75.3 Å². The summed E-state index contributed by atoms with van der Waals surface area (Å²) < 4.78 is 36.3. The summed E-state index contributed by atoms with van der Waals surface area (Å²) in [6, 6.07) is 7.22.